The molecule has 0 aliphatic rings. The topological polar surface area (TPSA) is 72.6 Å². The van der Waals surface area contributed by atoms with Gasteiger partial charge in [0.1, 0.15) is 10.6 Å². The molecule has 0 radical (unpaired) electrons. The number of nitrogens with two attached hydrogens (primary N) is 1. The van der Waals surface area contributed by atoms with Gasteiger partial charge < -0.3 is 9.64 Å². The Kier molecular flexibility index (Phi) is 3.90. The summed E-state index contributed by atoms with van der Waals surface area (Å²) < 4.78 is 27.5. The van der Waals surface area contributed by atoms with Gasteiger partial charge in [-0.25, -0.2) is 13.6 Å². The summed E-state index contributed by atoms with van der Waals surface area (Å²) in [6.07, 6.45) is 0. The monoisotopic (exact) mass is 244 g/mol. The zero-order chi connectivity index (χ0) is 12.3. The van der Waals surface area contributed by atoms with Crippen LogP contribution in [0.3, 0.4) is 0 Å². The Bertz CT molecular complexity index is 469. The molecule has 0 saturated heterocycles. The van der Waals surface area contributed by atoms with Gasteiger partial charge in [0, 0.05) is 6.54 Å². The summed E-state index contributed by atoms with van der Waals surface area (Å²) in [6.45, 7) is 0.710. The van der Waals surface area contributed by atoms with Crippen molar-refractivity contribution in [2.24, 2.45) is 5.14 Å². The zero-order valence-electron chi connectivity index (χ0n) is 9.60. The highest BCUT2D eigenvalue weighted by molar-refractivity contribution is 7.89. The van der Waals surface area contributed by atoms with Gasteiger partial charge in [-0.1, -0.05) is 6.07 Å². The first-order valence-corrected chi connectivity index (χ1v) is 6.23. The van der Waals surface area contributed by atoms with Crippen molar-refractivity contribution < 1.29 is 13.2 Å². The quantitative estimate of drug-likeness (QED) is 0.832. The first-order valence-electron chi connectivity index (χ1n) is 4.69. The number of ether oxygens (including phenoxy) is 1. The average Bonchev–Trinajstić information content (AvgIpc) is 2.14. The van der Waals surface area contributed by atoms with Crippen LogP contribution in [-0.4, -0.2) is 34.5 Å². The fourth-order valence-corrected chi connectivity index (χ4v) is 2.09. The van der Waals surface area contributed by atoms with Crippen LogP contribution in [0.5, 0.6) is 5.75 Å². The maximum absolute atomic E-state index is 11.2. The molecular weight excluding hydrogens is 228 g/mol. The number of rotatable bonds is 4. The van der Waals surface area contributed by atoms with Crippen LogP contribution in [0.2, 0.25) is 0 Å². The molecule has 6 heteroatoms. The van der Waals surface area contributed by atoms with Gasteiger partial charge in [0.2, 0.25) is 10.0 Å². The largest absolute Gasteiger partial charge is 0.495 e. The summed E-state index contributed by atoms with van der Waals surface area (Å²) in [6, 6.07) is 4.87. The number of methoxy groups -OCH3 is 1. The highest BCUT2D eigenvalue weighted by Gasteiger charge is 2.15. The van der Waals surface area contributed by atoms with Gasteiger partial charge in [0.25, 0.3) is 0 Å². The highest BCUT2D eigenvalue weighted by Crippen LogP contribution is 2.24. The van der Waals surface area contributed by atoms with Crippen molar-refractivity contribution in [3.63, 3.8) is 0 Å². The molecule has 0 unspecified atom stereocenters. The van der Waals surface area contributed by atoms with Gasteiger partial charge in [-0.15, -0.1) is 0 Å². The fraction of sp³-hybridized carbons (Fsp3) is 0.400. The van der Waals surface area contributed by atoms with Crippen molar-refractivity contribution in [1.82, 2.24) is 4.90 Å². The van der Waals surface area contributed by atoms with E-state index < -0.39 is 10.0 Å². The van der Waals surface area contributed by atoms with Gasteiger partial charge >= 0.3 is 0 Å². The second kappa shape index (κ2) is 4.82. The molecule has 1 aromatic carbocycles. The molecule has 2 N–H and O–H groups in total. The van der Waals surface area contributed by atoms with E-state index in [0.717, 1.165) is 5.56 Å². The SMILES string of the molecule is COc1cc(CN(C)C)ccc1S(N)(=O)=O. The number of benzene rings is 1. The van der Waals surface area contributed by atoms with E-state index in [1.165, 1.54) is 13.2 Å². The Morgan fingerprint density at radius 2 is 2.00 bits per heavy atom. The number of hydrogen-bond acceptors (Lipinski definition) is 4. The lowest BCUT2D eigenvalue weighted by atomic mass is 10.2. The predicted molar refractivity (Wildman–Crippen MR) is 61.8 cm³/mol. The third-order valence-electron chi connectivity index (χ3n) is 2.03. The van der Waals surface area contributed by atoms with E-state index in [1.54, 1.807) is 12.1 Å². The second-order valence-corrected chi connectivity index (χ2v) is 5.30. The molecule has 0 aromatic heterocycles. The van der Waals surface area contributed by atoms with Crippen molar-refractivity contribution in [1.29, 1.82) is 0 Å². The minimum atomic E-state index is -3.73. The Morgan fingerprint density at radius 1 is 1.38 bits per heavy atom. The lowest BCUT2D eigenvalue weighted by molar-refractivity contribution is 0.390. The van der Waals surface area contributed by atoms with Crippen LogP contribution in [0, 0.1) is 0 Å². The molecule has 5 nitrogen and oxygen atoms in total. The van der Waals surface area contributed by atoms with E-state index in [0.29, 0.717) is 6.54 Å². The Hall–Kier alpha value is -1.11. The van der Waals surface area contributed by atoms with E-state index in [2.05, 4.69) is 0 Å². The number of primary sulfonamides is 1. The van der Waals surface area contributed by atoms with E-state index in [9.17, 15) is 8.42 Å². The molecule has 0 fully saturated rings. The van der Waals surface area contributed by atoms with Gasteiger partial charge in [0.05, 0.1) is 7.11 Å². The Labute approximate surface area is 95.9 Å². The standard InChI is InChI=1S/C10H16N2O3S/c1-12(2)7-8-4-5-10(16(11,13)14)9(6-8)15-3/h4-6H,7H2,1-3H3,(H2,11,13,14). The predicted octanol–water partition coefficient (Wildman–Crippen LogP) is 0.404. The number of sulfonamides is 1. The van der Waals surface area contributed by atoms with Gasteiger partial charge in [-0.3, -0.25) is 0 Å². The first kappa shape index (κ1) is 13.0. The van der Waals surface area contributed by atoms with Crippen LogP contribution in [-0.2, 0) is 16.6 Å². The van der Waals surface area contributed by atoms with Gasteiger partial charge in [-0.05, 0) is 31.8 Å². The number of hydrogen-bond donors (Lipinski definition) is 1. The Morgan fingerprint density at radius 3 is 2.44 bits per heavy atom. The van der Waals surface area contributed by atoms with Crippen LogP contribution in [0.15, 0.2) is 23.1 Å². The van der Waals surface area contributed by atoms with Crippen LogP contribution < -0.4 is 9.88 Å². The minimum Gasteiger partial charge on any atom is -0.495 e. The fourth-order valence-electron chi connectivity index (χ4n) is 1.41. The molecule has 0 heterocycles. The highest BCUT2D eigenvalue weighted by atomic mass is 32.2. The molecular formula is C10H16N2O3S. The maximum atomic E-state index is 11.2. The Balaban J connectivity index is 3.17. The minimum absolute atomic E-state index is 0.0116. The van der Waals surface area contributed by atoms with Crippen molar-refractivity contribution in [2.75, 3.05) is 21.2 Å². The maximum Gasteiger partial charge on any atom is 0.241 e. The summed E-state index contributed by atoms with van der Waals surface area (Å²) in [5.74, 6) is 0.279. The van der Waals surface area contributed by atoms with Gasteiger partial charge in [-0.2, -0.15) is 0 Å². The summed E-state index contributed by atoms with van der Waals surface area (Å²) in [5, 5.41) is 5.07. The van der Waals surface area contributed by atoms with Crippen LogP contribution in [0.4, 0.5) is 0 Å². The molecule has 90 valence electrons. The summed E-state index contributed by atoms with van der Waals surface area (Å²) >= 11 is 0. The molecule has 16 heavy (non-hydrogen) atoms. The molecule has 1 rings (SSSR count). The normalized spacial score (nSPS) is 11.8. The molecule has 0 aliphatic heterocycles. The van der Waals surface area contributed by atoms with Crippen LogP contribution >= 0.6 is 0 Å². The second-order valence-electron chi connectivity index (χ2n) is 3.77. The summed E-state index contributed by atoms with van der Waals surface area (Å²) in [5.41, 5.74) is 0.967. The molecule has 0 amide bonds. The molecule has 1 aromatic rings. The van der Waals surface area contributed by atoms with E-state index in [1.807, 2.05) is 19.0 Å². The van der Waals surface area contributed by atoms with Gasteiger partial charge in [0.15, 0.2) is 0 Å². The third kappa shape index (κ3) is 3.19. The van der Waals surface area contributed by atoms with Crippen molar-refractivity contribution >= 4 is 10.0 Å². The lowest BCUT2D eigenvalue weighted by Crippen LogP contribution is -2.15. The molecule has 0 atom stereocenters. The van der Waals surface area contributed by atoms with E-state index in [4.69, 9.17) is 9.88 Å². The van der Waals surface area contributed by atoms with E-state index in [-0.39, 0.29) is 10.6 Å². The molecule has 0 aliphatic carbocycles. The third-order valence-corrected chi connectivity index (χ3v) is 2.98. The lowest BCUT2D eigenvalue weighted by Gasteiger charge is -2.12. The van der Waals surface area contributed by atoms with Crippen molar-refractivity contribution in [3.05, 3.63) is 23.8 Å². The number of nitrogens with zero attached hydrogens (tertiary/aromatic N) is 1. The van der Waals surface area contributed by atoms with Crippen LogP contribution in [0.25, 0.3) is 0 Å². The molecule has 0 bridgehead atoms. The smallest absolute Gasteiger partial charge is 0.241 e. The van der Waals surface area contributed by atoms with Crippen LogP contribution in [0.1, 0.15) is 5.56 Å². The average molecular weight is 244 g/mol. The van der Waals surface area contributed by atoms with Crippen molar-refractivity contribution in [2.45, 2.75) is 11.4 Å². The summed E-state index contributed by atoms with van der Waals surface area (Å²) in [4.78, 5) is 1.99. The first-order chi connectivity index (χ1) is 7.34. The summed E-state index contributed by atoms with van der Waals surface area (Å²) in [7, 11) is 1.55. The van der Waals surface area contributed by atoms with E-state index >= 15 is 0 Å². The van der Waals surface area contributed by atoms with Crippen molar-refractivity contribution in [3.8, 4) is 5.75 Å². The zero-order valence-corrected chi connectivity index (χ0v) is 10.4. The molecule has 0 spiro atoms. The molecule has 0 saturated carbocycles.